The maximum absolute atomic E-state index is 11.3. The number of hydrogen-bond acceptors (Lipinski definition) is 4. The summed E-state index contributed by atoms with van der Waals surface area (Å²) in [5.74, 6) is 1.27. The summed E-state index contributed by atoms with van der Waals surface area (Å²) in [6.45, 7) is 0.904. The van der Waals surface area contributed by atoms with E-state index in [0.717, 1.165) is 6.54 Å². The van der Waals surface area contributed by atoms with Gasteiger partial charge in [0.1, 0.15) is 17.6 Å². The average Bonchev–Trinajstić information content (AvgIpc) is 2.81. The third-order valence-electron chi connectivity index (χ3n) is 3.25. The fourth-order valence-electron chi connectivity index (χ4n) is 2.37. The molecule has 90 valence electrons. The Hall–Kier alpha value is -1.83. The van der Waals surface area contributed by atoms with Crippen LogP contribution < -0.4 is 10.6 Å². The molecule has 1 saturated carbocycles. The minimum Gasteiger partial charge on any atom is -0.359 e. The molecule has 0 amide bonds. The number of nitriles is 1. The zero-order chi connectivity index (χ0) is 12.3. The summed E-state index contributed by atoms with van der Waals surface area (Å²) in [6.07, 6.45) is 5.09. The van der Waals surface area contributed by atoms with Crippen molar-refractivity contribution in [1.82, 2.24) is 9.97 Å². The van der Waals surface area contributed by atoms with Crippen LogP contribution in [0, 0.1) is 17.2 Å². The Bertz CT molecular complexity index is 482. The number of nitrogens with one attached hydrogen (secondary N) is 1. The third kappa shape index (κ3) is 2.84. The standard InChI is InChI=1S/C12H16N4O/c1-16(8-9-4-2-3-5-9)11-6-10(7-13)14-12(17)15-11/h6,9H,2-5,8H2,1H3,(H,14,15,17). The molecule has 5 nitrogen and oxygen atoms in total. The monoisotopic (exact) mass is 232 g/mol. The van der Waals surface area contributed by atoms with Crippen molar-refractivity contribution in [2.45, 2.75) is 25.7 Å². The van der Waals surface area contributed by atoms with E-state index in [-0.39, 0.29) is 5.69 Å². The fourth-order valence-corrected chi connectivity index (χ4v) is 2.37. The minimum absolute atomic E-state index is 0.262. The van der Waals surface area contributed by atoms with Crippen molar-refractivity contribution in [3.8, 4) is 6.07 Å². The molecule has 1 heterocycles. The van der Waals surface area contributed by atoms with Crippen LogP contribution in [0.5, 0.6) is 0 Å². The highest BCUT2D eigenvalue weighted by Gasteiger charge is 2.17. The highest BCUT2D eigenvalue weighted by molar-refractivity contribution is 5.41. The molecule has 1 aliphatic rings. The van der Waals surface area contributed by atoms with Crippen molar-refractivity contribution in [2.24, 2.45) is 5.92 Å². The minimum atomic E-state index is -0.461. The largest absolute Gasteiger partial charge is 0.359 e. The summed E-state index contributed by atoms with van der Waals surface area (Å²) in [7, 11) is 1.92. The predicted molar refractivity (Wildman–Crippen MR) is 64.8 cm³/mol. The quantitative estimate of drug-likeness (QED) is 0.851. The van der Waals surface area contributed by atoms with Crippen molar-refractivity contribution in [2.75, 3.05) is 18.5 Å². The topological polar surface area (TPSA) is 72.8 Å². The fraction of sp³-hybridized carbons (Fsp3) is 0.583. The molecule has 0 unspecified atom stereocenters. The van der Waals surface area contributed by atoms with E-state index >= 15 is 0 Å². The molecule has 17 heavy (non-hydrogen) atoms. The summed E-state index contributed by atoms with van der Waals surface area (Å²) >= 11 is 0. The van der Waals surface area contributed by atoms with Gasteiger partial charge in [-0.25, -0.2) is 4.79 Å². The Morgan fingerprint density at radius 1 is 1.59 bits per heavy atom. The lowest BCUT2D eigenvalue weighted by Gasteiger charge is -2.21. The molecule has 0 saturated heterocycles. The van der Waals surface area contributed by atoms with Crippen LogP contribution >= 0.6 is 0 Å². The number of nitrogens with zero attached hydrogens (tertiary/aromatic N) is 3. The summed E-state index contributed by atoms with van der Waals surface area (Å²) in [5.41, 5.74) is -0.199. The van der Waals surface area contributed by atoms with E-state index in [4.69, 9.17) is 5.26 Å². The average molecular weight is 232 g/mol. The number of aromatic nitrogens is 2. The molecule has 1 aromatic heterocycles. The lowest BCUT2D eigenvalue weighted by molar-refractivity contribution is 0.544. The molecule has 5 heteroatoms. The van der Waals surface area contributed by atoms with Crippen molar-refractivity contribution in [1.29, 1.82) is 5.26 Å². The lowest BCUT2D eigenvalue weighted by Crippen LogP contribution is -2.27. The Morgan fingerprint density at radius 3 is 2.94 bits per heavy atom. The smallest absolute Gasteiger partial charge is 0.347 e. The first-order valence-corrected chi connectivity index (χ1v) is 5.91. The molecule has 0 aliphatic heterocycles. The Kier molecular flexibility index (Phi) is 3.43. The summed E-state index contributed by atoms with van der Waals surface area (Å²) < 4.78 is 0. The number of H-pyrrole nitrogens is 1. The molecule has 0 radical (unpaired) electrons. The highest BCUT2D eigenvalue weighted by Crippen LogP contribution is 2.26. The second-order valence-corrected chi connectivity index (χ2v) is 4.60. The molecule has 0 spiro atoms. The van der Waals surface area contributed by atoms with Gasteiger partial charge in [-0.1, -0.05) is 12.8 Å². The maximum atomic E-state index is 11.3. The van der Waals surface area contributed by atoms with Gasteiger partial charge in [-0.15, -0.1) is 0 Å². The second kappa shape index (κ2) is 5.00. The van der Waals surface area contributed by atoms with E-state index in [1.807, 2.05) is 18.0 Å². The van der Waals surface area contributed by atoms with E-state index in [9.17, 15) is 4.79 Å². The zero-order valence-corrected chi connectivity index (χ0v) is 9.94. The Balaban J connectivity index is 2.12. The van der Waals surface area contributed by atoms with Crippen molar-refractivity contribution < 1.29 is 0 Å². The molecule has 0 atom stereocenters. The van der Waals surface area contributed by atoms with Crippen molar-refractivity contribution in [3.63, 3.8) is 0 Å². The van der Waals surface area contributed by atoms with Crippen LogP contribution in [0.2, 0.25) is 0 Å². The summed E-state index contributed by atoms with van der Waals surface area (Å²) in [5, 5.41) is 8.79. The van der Waals surface area contributed by atoms with Gasteiger partial charge in [0, 0.05) is 19.7 Å². The first kappa shape index (κ1) is 11.6. The third-order valence-corrected chi connectivity index (χ3v) is 3.25. The van der Waals surface area contributed by atoms with E-state index < -0.39 is 5.69 Å². The summed E-state index contributed by atoms with van der Waals surface area (Å²) in [6, 6.07) is 3.56. The van der Waals surface area contributed by atoms with Gasteiger partial charge in [-0.05, 0) is 18.8 Å². The van der Waals surface area contributed by atoms with Crippen LogP contribution in [0.1, 0.15) is 31.4 Å². The van der Waals surface area contributed by atoms with Gasteiger partial charge in [-0.3, -0.25) is 4.98 Å². The number of aromatic amines is 1. The number of anilines is 1. The molecule has 1 N–H and O–H groups in total. The molecule has 0 aromatic carbocycles. The maximum Gasteiger partial charge on any atom is 0.347 e. The van der Waals surface area contributed by atoms with Gasteiger partial charge in [-0.2, -0.15) is 10.2 Å². The first-order valence-electron chi connectivity index (χ1n) is 5.91. The van der Waals surface area contributed by atoms with Crippen LogP contribution in [0.25, 0.3) is 0 Å². The second-order valence-electron chi connectivity index (χ2n) is 4.60. The first-order chi connectivity index (χ1) is 8.19. The van der Waals surface area contributed by atoms with Crippen LogP contribution in [0.3, 0.4) is 0 Å². The van der Waals surface area contributed by atoms with E-state index in [1.54, 1.807) is 6.07 Å². The van der Waals surface area contributed by atoms with E-state index in [2.05, 4.69) is 9.97 Å². The van der Waals surface area contributed by atoms with Crippen LogP contribution in [0.4, 0.5) is 5.82 Å². The highest BCUT2D eigenvalue weighted by atomic mass is 16.1. The molecule has 1 aliphatic carbocycles. The van der Waals surface area contributed by atoms with Gasteiger partial charge < -0.3 is 4.90 Å². The van der Waals surface area contributed by atoms with Gasteiger partial charge in [0.2, 0.25) is 0 Å². The van der Waals surface area contributed by atoms with E-state index in [1.165, 1.54) is 25.7 Å². The van der Waals surface area contributed by atoms with Gasteiger partial charge in [0.15, 0.2) is 0 Å². The van der Waals surface area contributed by atoms with Crippen LogP contribution in [0.15, 0.2) is 10.9 Å². The van der Waals surface area contributed by atoms with Crippen molar-refractivity contribution >= 4 is 5.82 Å². The Labute approximate surface area is 100 Å². The molecule has 1 aromatic rings. The lowest BCUT2D eigenvalue weighted by atomic mass is 10.1. The van der Waals surface area contributed by atoms with Gasteiger partial charge in [0.05, 0.1) is 0 Å². The molecule has 1 fully saturated rings. The molecular weight excluding hydrogens is 216 g/mol. The zero-order valence-electron chi connectivity index (χ0n) is 9.94. The summed E-state index contributed by atoms with van der Waals surface area (Å²) in [4.78, 5) is 19.5. The van der Waals surface area contributed by atoms with Crippen LogP contribution in [-0.4, -0.2) is 23.6 Å². The number of hydrogen-bond donors (Lipinski definition) is 1. The van der Waals surface area contributed by atoms with E-state index in [0.29, 0.717) is 11.7 Å². The Morgan fingerprint density at radius 2 is 2.29 bits per heavy atom. The molecular formula is C12H16N4O. The SMILES string of the molecule is CN(CC1CCCC1)c1cc(C#N)[nH]c(=O)n1. The van der Waals surface area contributed by atoms with Crippen molar-refractivity contribution in [3.05, 3.63) is 22.2 Å². The normalized spacial score (nSPS) is 15.8. The predicted octanol–water partition coefficient (Wildman–Crippen LogP) is 1.27. The number of rotatable bonds is 3. The van der Waals surface area contributed by atoms with Gasteiger partial charge in [0.25, 0.3) is 0 Å². The van der Waals surface area contributed by atoms with Crippen LogP contribution in [-0.2, 0) is 0 Å². The van der Waals surface area contributed by atoms with Gasteiger partial charge >= 0.3 is 5.69 Å². The molecule has 0 bridgehead atoms. The molecule has 2 rings (SSSR count).